The Morgan fingerprint density at radius 1 is 1.16 bits per heavy atom. The zero-order valence-electron chi connectivity index (χ0n) is 10.3. The minimum Gasteiger partial charge on any atom is -0.481 e. The van der Waals surface area contributed by atoms with Crippen LogP contribution in [0.5, 0.6) is 0 Å². The van der Waals surface area contributed by atoms with Crippen LogP contribution in [-0.2, 0) is 14.4 Å². The van der Waals surface area contributed by atoms with Gasteiger partial charge in [0.05, 0.1) is 5.92 Å². The lowest BCUT2D eigenvalue weighted by molar-refractivity contribution is -0.143. The summed E-state index contributed by atoms with van der Waals surface area (Å²) in [6, 6.07) is -0.450. The van der Waals surface area contributed by atoms with E-state index in [2.05, 4.69) is 5.32 Å². The molecule has 104 valence electrons. The van der Waals surface area contributed by atoms with Crippen LogP contribution >= 0.6 is 0 Å². The van der Waals surface area contributed by atoms with Crippen LogP contribution in [0.2, 0.25) is 0 Å². The van der Waals surface area contributed by atoms with Gasteiger partial charge in [0, 0.05) is 13.1 Å². The molecule has 0 bridgehead atoms. The first-order valence-corrected chi connectivity index (χ1v) is 6.06. The van der Waals surface area contributed by atoms with Gasteiger partial charge in [-0.3, -0.25) is 19.7 Å². The van der Waals surface area contributed by atoms with Crippen LogP contribution < -0.4 is 5.32 Å². The van der Waals surface area contributed by atoms with Crippen molar-refractivity contribution in [2.75, 3.05) is 26.2 Å². The summed E-state index contributed by atoms with van der Waals surface area (Å²) in [6.07, 6.45) is 1.15. The second kappa shape index (κ2) is 5.25. The van der Waals surface area contributed by atoms with E-state index < -0.39 is 29.7 Å². The fraction of sp³-hybridized carbons (Fsp3) is 0.636. The molecule has 2 N–H and O–H groups in total. The molecule has 0 spiro atoms. The number of nitrogens with zero attached hydrogens (tertiary/aromatic N) is 2. The standard InChI is InChI=1S/C11H15N3O5/c15-8-5-14(6-9(16)12-8)11(19)13-3-1-2-7(4-13)10(17)18/h7H,1-6H2,(H,17,18)(H,12,15,16)/t7-/m1/s1. The highest BCUT2D eigenvalue weighted by Crippen LogP contribution is 2.18. The third kappa shape index (κ3) is 3.01. The molecule has 0 unspecified atom stereocenters. The van der Waals surface area contributed by atoms with Crippen molar-refractivity contribution in [1.82, 2.24) is 15.1 Å². The molecule has 2 saturated heterocycles. The third-order valence-electron chi connectivity index (χ3n) is 3.26. The number of hydrogen-bond donors (Lipinski definition) is 2. The Balaban J connectivity index is 2.00. The zero-order chi connectivity index (χ0) is 14.0. The lowest BCUT2D eigenvalue weighted by atomic mass is 9.98. The number of amides is 4. The van der Waals surface area contributed by atoms with Crippen molar-refractivity contribution >= 4 is 23.8 Å². The van der Waals surface area contributed by atoms with E-state index in [0.29, 0.717) is 19.4 Å². The molecule has 4 amide bonds. The summed E-state index contributed by atoms with van der Waals surface area (Å²) in [6.45, 7) is 0.243. The van der Waals surface area contributed by atoms with Crippen LogP contribution in [0.15, 0.2) is 0 Å². The number of carbonyl (C=O) groups excluding carboxylic acids is 3. The van der Waals surface area contributed by atoms with E-state index in [1.165, 1.54) is 4.90 Å². The first-order chi connectivity index (χ1) is 8.97. The van der Waals surface area contributed by atoms with Gasteiger partial charge in [-0.1, -0.05) is 0 Å². The zero-order valence-corrected chi connectivity index (χ0v) is 10.3. The number of piperidine rings is 1. The number of imide groups is 1. The molecule has 0 saturated carbocycles. The molecule has 2 aliphatic heterocycles. The third-order valence-corrected chi connectivity index (χ3v) is 3.26. The molecule has 2 fully saturated rings. The van der Waals surface area contributed by atoms with E-state index in [4.69, 9.17) is 5.11 Å². The number of likely N-dealkylation sites (tertiary alicyclic amines) is 1. The van der Waals surface area contributed by atoms with E-state index in [1.54, 1.807) is 0 Å². The van der Waals surface area contributed by atoms with Gasteiger partial charge < -0.3 is 14.9 Å². The summed E-state index contributed by atoms with van der Waals surface area (Å²) in [5.74, 6) is -2.54. The number of aliphatic carboxylic acids is 1. The Labute approximate surface area is 109 Å². The smallest absolute Gasteiger partial charge is 0.320 e. The van der Waals surface area contributed by atoms with Gasteiger partial charge in [0.2, 0.25) is 11.8 Å². The van der Waals surface area contributed by atoms with E-state index in [1.807, 2.05) is 0 Å². The van der Waals surface area contributed by atoms with Crippen molar-refractivity contribution in [2.45, 2.75) is 12.8 Å². The minimum atomic E-state index is -0.926. The van der Waals surface area contributed by atoms with Gasteiger partial charge in [-0.15, -0.1) is 0 Å². The molecule has 1 atom stereocenters. The van der Waals surface area contributed by atoms with Crippen molar-refractivity contribution in [3.63, 3.8) is 0 Å². The van der Waals surface area contributed by atoms with E-state index in [0.717, 1.165) is 4.90 Å². The monoisotopic (exact) mass is 269 g/mol. The summed E-state index contributed by atoms with van der Waals surface area (Å²) in [5, 5.41) is 11.1. The van der Waals surface area contributed by atoms with Crippen LogP contribution in [0.1, 0.15) is 12.8 Å². The molecule has 2 rings (SSSR count). The normalized spacial score (nSPS) is 24.1. The van der Waals surface area contributed by atoms with E-state index in [-0.39, 0.29) is 19.6 Å². The van der Waals surface area contributed by atoms with Crippen molar-refractivity contribution < 1.29 is 24.3 Å². The quantitative estimate of drug-likeness (QED) is 0.585. The first kappa shape index (κ1) is 13.3. The average molecular weight is 269 g/mol. The second-order valence-electron chi connectivity index (χ2n) is 4.73. The largest absolute Gasteiger partial charge is 0.481 e. The van der Waals surface area contributed by atoms with Crippen molar-refractivity contribution in [3.05, 3.63) is 0 Å². The van der Waals surface area contributed by atoms with Gasteiger partial charge >= 0.3 is 12.0 Å². The second-order valence-corrected chi connectivity index (χ2v) is 4.73. The van der Waals surface area contributed by atoms with Gasteiger partial charge in [-0.05, 0) is 12.8 Å². The number of hydrogen-bond acceptors (Lipinski definition) is 4. The number of rotatable bonds is 1. The Morgan fingerprint density at radius 3 is 2.37 bits per heavy atom. The predicted molar refractivity (Wildman–Crippen MR) is 62.1 cm³/mol. The molecule has 8 nitrogen and oxygen atoms in total. The Kier molecular flexibility index (Phi) is 3.68. The topological polar surface area (TPSA) is 107 Å². The Bertz CT molecular complexity index is 420. The van der Waals surface area contributed by atoms with E-state index >= 15 is 0 Å². The summed E-state index contributed by atoms with van der Waals surface area (Å²) in [5.41, 5.74) is 0. The SMILES string of the molecule is O=C1CN(C(=O)N2CCC[C@@H](C(=O)O)C2)CC(=O)N1. The van der Waals surface area contributed by atoms with Crippen molar-refractivity contribution in [3.8, 4) is 0 Å². The summed E-state index contributed by atoms with van der Waals surface area (Å²) >= 11 is 0. The van der Waals surface area contributed by atoms with Gasteiger partial charge in [0.25, 0.3) is 0 Å². The molecule has 2 heterocycles. The summed E-state index contributed by atoms with van der Waals surface area (Å²) in [4.78, 5) is 48.0. The number of nitrogens with one attached hydrogen (secondary N) is 1. The van der Waals surface area contributed by atoms with E-state index in [9.17, 15) is 19.2 Å². The highest BCUT2D eigenvalue weighted by Gasteiger charge is 2.33. The molecule has 2 aliphatic rings. The van der Waals surface area contributed by atoms with Crippen molar-refractivity contribution in [2.24, 2.45) is 5.92 Å². The lowest BCUT2D eigenvalue weighted by Crippen LogP contribution is -2.57. The predicted octanol–water partition coefficient (Wildman–Crippen LogP) is -1.14. The highest BCUT2D eigenvalue weighted by atomic mass is 16.4. The molecular formula is C11H15N3O5. The number of carboxylic acid groups (broad SMARTS) is 1. The molecule has 8 heteroatoms. The number of carbonyl (C=O) groups is 4. The number of piperazine rings is 1. The van der Waals surface area contributed by atoms with Gasteiger partial charge in [-0.25, -0.2) is 4.79 Å². The molecule has 19 heavy (non-hydrogen) atoms. The van der Waals surface area contributed by atoms with Gasteiger partial charge in [0.15, 0.2) is 0 Å². The fourth-order valence-corrected chi connectivity index (χ4v) is 2.32. The number of carboxylic acids is 1. The maximum atomic E-state index is 12.1. The fourth-order valence-electron chi connectivity index (χ4n) is 2.32. The molecule has 0 aromatic carbocycles. The minimum absolute atomic E-state index is 0.125. The molecule has 0 aromatic heterocycles. The molecule has 0 aliphatic carbocycles. The van der Waals surface area contributed by atoms with Crippen molar-refractivity contribution in [1.29, 1.82) is 0 Å². The average Bonchev–Trinajstić information content (AvgIpc) is 2.37. The van der Waals surface area contributed by atoms with Gasteiger partial charge in [0.1, 0.15) is 13.1 Å². The Morgan fingerprint density at radius 2 is 1.79 bits per heavy atom. The first-order valence-electron chi connectivity index (χ1n) is 6.06. The van der Waals surface area contributed by atoms with Crippen LogP contribution in [0.3, 0.4) is 0 Å². The maximum Gasteiger partial charge on any atom is 0.320 e. The van der Waals surface area contributed by atoms with Crippen LogP contribution in [-0.4, -0.2) is 64.9 Å². The molecule has 0 aromatic rings. The Hall–Kier alpha value is -2.12. The highest BCUT2D eigenvalue weighted by molar-refractivity contribution is 6.02. The number of urea groups is 1. The van der Waals surface area contributed by atoms with Crippen LogP contribution in [0.25, 0.3) is 0 Å². The maximum absolute atomic E-state index is 12.1. The molecular weight excluding hydrogens is 254 g/mol. The van der Waals surface area contributed by atoms with Crippen LogP contribution in [0, 0.1) is 5.92 Å². The summed E-state index contributed by atoms with van der Waals surface area (Å²) < 4.78 is 0. The summed E-state index contributed by atoms with van der Waals surface area (Å²) in [7, 11) is 0. The van der Waals surface area contributed by atoms with Gasteiger partial charge in [-0.2, -0.15) is 0 Å². The lowest BCUT2D eigenvalue weighted by Gasteiger charge is -2.35. The van der Waals surface area contributed by atoms with Crippen LogP contribution in [0.4, 0.5) is 4.79 Å². The molecule has 0 radical (unpaired) electrons.